The van der Waals surface area contributed by atoms with Gasteiger partial charge in [0.05, 0.1) is 11.8 Å². The maximum Gasteiger partial charge on any atom is 0.309 e. The van der Waals surface area contributed by atoms with E-state index in [4.69, 9.17) is 4.74 Å². The van der Waals surface area contributed by atoms with E-state index in [0.29, 0.717) is 10.9 Å². The van der Waals surface area contributed by atoms with Crippen molar-refractivity contribution in [2.45, 2.75) is 26.6 Å². The van der Waals surface area contributed by atoms with E-state index in [0.717, 1.165) is 21.7 Å². The number of aryl methyl sites for hydroxylation is 1. The van der Waals surface area contributed by atoms with Crippen molar-refractivity contribution in [2.24, 2.45) is 0 Å². The first kappa shape index (κ1) is 16.1. The average Bonchev–Trinajstić information content (AvgIpc) is 2.91. The molecule has 0 saturated carbocycles. The summed E-state index contributed by atoms with van der Waals surface area (Å²) in [4.78, 5) is 35.5. The summed E-state index contributed by atoms with van der Waals surface area (Å²) in [5.41, 5.74) is 0.907. The number of hydrogen-bond acceptors (Lipinski definition) is 7. The summed E-state index contributed by atoms with van der Waals surface area (Å²) in [5.74, 6) is -0.519. The number of esters is 1. The van der Waals surface area contributed by atoms with Gasteiger partial charge in [0, 0.05) is 17.6 Å². The van der Waals surface area contributed by atoms with Crippen molar-refractivity contribution in [3.63, 3.8) is 0 Å². The minimum Gasteiger partial charge on any atom is -0.442 e. The number of benzene rings is 1. The summed E-state index contributed by atoms with van der Waals surface area (Å²) in [7, 11) is 0. The molecule has 0 aliphatic heterocycles. The van der Waals surface area contributed by atoms with Crippen LogP contribution in [0.25, 0.3) is 10.9 Å². The Morgan fingerprint density at radius 3 is 2.83 bits per heavy atom. The molecule has 3 aromatic rings. The Balaban J connectivity index is 1.63. The molecular weight excluding hydrogens is 332 g/mol. The number of ether oxygens (including phenoxy) is 1. The molecule has 1 aromatic carbocycles. The SMILES string of the molecule is Cc1csc(=O)n1CCC(=O)OCn1nnc2ccccc2c1=O. The highest BCUT2D eigenvalue weighted by Gasteiger charge is 2.10. The predicted octanol–water partition coefficient (Wildman–Crippen LogP) is 0.914. The Morgan fingerprint density at radius 1 is 1.29 bits per heavy atom. The lowest BCUT2D eigenvalue weighted by molar-refractivity contribution is -0.148. The van der Waals surface area contributed by atoms with Crippen LogP contribution in [0.2, 0.25) is 0 Å². The van der Waals surface area contributed by atoms with Gasteiger partial charge in [-0.15, -0.1) is 5.10 Å². The highest BCUT2D eigenvalue weighted by Crippen LogP contribution is 2.04. The lowest BCUT2D eigenvalue weighted by atomic mass is 10.2. The summed E-state index contributed by atoms with van der Waals surface area (Å²) < 4.78 is 7.54. The van der Waals surface area contributed by atoms with Gasteiger partial charge in [0.15, 0.2) is 6.73 Å². The van der Waals surface area contributed by atoms with E-state index in [1.807, 2.05) is 0 Å². The highest BCUT2D eigenvalue weighted by atomic mass is 32.1. The smallest absolute Gasteiger partial charge is 0.309 e. The van der Waals surface area contributed by atoms with E-state index in [9.17, 15) is 14.4 Å². The molecule has 0 aliphatic carbocycles. The van der Waals surface area contributed by atoms with Crippen molar-refractivity contribution in [2.75, 3.05) is 0 Å². The first-order valence-corrected chi connectivity index (χ1v) is 8.07. The zero-order valence-corrected chi connectivity index (χ0v) is 13.7. The Bertz CT molecular complexity index is 1000. The zero-order valence-electron chi connectivity index (χ0n) is 12.8. The molecule has 2 aromatic heterocycles. The van der Waals surface area contributed by atoms with Crippen LogP contribution in [-0.4, -0.2) is 25.5 Å². The summed E-state index contributed by atoms with van der Waals surface area (Å²) in [6.45, 7) is 1.73. The van der Waals surface area contributed by atoms with E-state index >= 15 is 0 Å². The molecule has 0 aliphatic rings. The fourth-order valence-electron chi connectivity index (χ4n) is 2.19. The number of aromatic nitrogens is 4. The van der Waals surface area contributed by atoms with E-state index < -0.39 is 5.97 Å². The molecule has 0 saturated heterocycles. The summed E-state index contributed by atoms with van der Waals surface area (Å²) in [6, 6.07) is 6.80. The van der Waals surface area contributed by atoms with Crippen LogP contribution >= 0.6 is 11.3 Å². The number of carbonyl (C=O) groups excluding carboxylic acids is 1. The Morgan fingerprint density at radius 2 is 2.08 bits per heavy atom. The van der Waals surface area contributed by atoms with Crippen molar-refractivity contribution in [1.82, 2.24) is 19.6 Å². The van der Waals surface area contributed by atoms with Crippen LogP contribution in [0.15, 0.2) is 39.2 Å². The number of rotatable bonds is 5. The molecule has 0 bridgehead atoms. The monoisotopic (exact) mass is 346 g/mol. The first-order valence-electron chi connectivity index (χ1n) is 7.19. The van der Waals surface area contributed by atoms with Gasteiger partial charge in [-0.25, -0.2) is 0 Å². The van der Waals surface area contributed by atoms with Gasteiger partial charge in [0.1, 0.15) is 5.52 Å². The molecule has 0 spiro atoms. The van der Waals surface area contributed by atoms with Crippen molar-refractivity contribution < 1.29 is 9.53 Å². The fourth-order valence-corrected chi connectivity index (χ4v) is 2.95. The van der Waals surface area contributed by atoms with Crippen LogP contribution in [0.1, 0.15) is 12.1 Å². The van der Waals surface area contributed by atoms with Crippen LogP contribution in [0.4, 0.5) is 0 Å². The van der Waals surface area contributed by atoms with E-state index in [1.165, 1.54) is 4.57 Å². The topological polar surface area (TPSA) is 96.1 Å². The van der Waals surface area contributed by atoms with Gasteiger partial charge in [-0.1, -0.05) is 28.7 Å². The fraction of sp³-hybridized carbons (Fsp3) is 0.267. The summed E-state index contributed by atoms with van der Waals surface area (Å²) >= 11 is 1.09. The van der Waals surface area contributed by atoms with Gasteiger partial charge >= 0.3 is 10.8 Å². The zero-order chi connectivity index (χ0) is 17.1. The second kappa shape index (κ2) is 6.75. The molecule has 0 amide bonds. The quantitative estimate of drug-likeness (QED) is 0.637. The van der Waals surface area contributed by atoms with Crippen LogP contribution in [0.5, 0.6) is 0 Å². The Hall–Kier alpha value is -2.81. The maximum absolute atomic E-state index is 12.2. The van der Waals surface area contributed by atoms with Crippen molar-refractivity contribution >= 4 is 28.2 Å². The minimum absolute atomic E-state index is 0.0350. The van der Waals surface area contributed by atoms with Crippen LogP contribution in [0, 0.1) is 6.92 Å². The number of nitrogens with zero attached hydrogens (tertiary/aromatic N) is 4. The number of hydrogen-bond donors (Lipinski definition) is 0. The third-order valence-corrected chi connectivity index (χ3v) is 4.37. The largest absolute Gasteiger partial charge is 0.442 e. The second-order valence-corrected chi connectivity index (χ2v) is 5.92. The number of fused-ring (bicyclic) bond motifs is 1. The van der Waals surface area contributed by atoms with Gasteiger partial charge < -0.3 is 9.30 Å². The van der Waals surface area contributed by atoms with Crippen molar-refractivity contribution in [1.29, 1.82) is 0 Å². The maximum atomic E-state index is 12.2. The number of thiazole rings is 1. The predicted molar refractivity (Wildman–Crippen MR) is 87.8 cm³/mol. The third-order valence-electron chi connectivity index (χ3n) is 3.49. The van der Waals surface area contributed by atoms with Crippen LogP contribution in [-0.2, 0) is 22.8 Å². The van der Waals surface area contributed by atoms with Gasteiger partial charge in [-0.3, -0.25) is 14.4 Å². The van der Waals surface area contributed by atoms with Gasteiger partial charge in [-0.05, 0) is 19.1 Å². The standard InChI is InChI=1S/C15H14N4O4S/c1-10-8-24-15(22)18(10)7-6-13(20)23-9-19-14(21)11-4-2-3-5-12(11)16-17-19/h2-5,8H,6-7,9H2,1H3. The van der Waals surface area contributed by atoms with Crippen LogP contribution < -0.4 is 10.4 Å². The Labute approximate surface area is 139 Å². The first-order chi connectivity index (χ1) is 11.6. The second-order valence-electron chi connectivity index (χ2n) is 5.10. The molecule has 8 nitrogen and oxygen atoms in total. The molecule has 0 radical (unpaired) electrons. The molecule has 0 atom stereocenters. The molecule has 9 heteroatoms. The van der Waals surface area contributed by atoms with Crippen LogP contribution in [0.3, 0.4) is 0 Å². The molecule has 124 valence electrons. The van der Waals surface area contributed by atoms with E-state index in [2.05, 4.69) is 10.3 Å². The van der Waals surface area contributed by atoms with E-state index in [1.54, 1.807) is 36.6 Å². The average molecular weight is 346 g/mol. The van der Waals surface area contributed by atoms with Crippen molar-refractivity contribution in [3.05, 3.63) is 55.4 Å². The minimum atomic E-state index is -0.519. The van der Waals surface area contributed by atoms with Gasteiger partial charge in [-0.2, -0.15) is 4.68 Å². The van der Waals surface area contributed by atoms with Crippen molar-refractivity contribution in [3.8, 4) is 0 Å². The van der Waals surface area contributed by atoms with E-state index in [-0.39, 0.29) is 30.1 Å². The molecule has 3 rings (SSSR count). The third kappa shape index (κ3) is 3.25. The normalized spacial score (nSPS) is 10.9. The molecule has 0 unspecified atom stereocenters. The molecule has 0 N–H and O–H groups in total. The summed E-state index contributed by atoms with van der Waals surface area (Å²) in [6.07, 6.45) is 0.0350. The Kier molecular flexibility index (Phi) is 4.52. The molecular formula is C15H14N4O4S. The number of carbonyl (C=O) groups is 1. The molecule has 0 fully saturated rings. The highest BCUT2D eigenvalue weighted by molar-refractivity contribution is 7.07. The lowest BCUT2D eigenvalue weighted by Gasteiger charge is -2.07. The van der Waals surface area contributed by atoms with Gasteiger partial charge in [0.2, 0.25) is 0 Å². The lowest BCUT2D eigenvalue weighted by Crippen LogP contribution is -2.27. The summed E-state index contributed by atoms with van der Waals surface area (Å²) in [5, 5.41) is 9.79. The van der Waals surface area contributed by atoms with Gasteiger partial charge in [0.25, 0.3) is 5.56 Å². The molecule has 24 heavy (non-hydrogen) atoms. The molecule has 2 heterocycles.